The smallest absolute Gasteiger partial charge is 0.270 e. The van der Waals surface area contributed by atoms with Gasteiger partial charge in [-0.3, -0.25) is 9.20 Å². The number of carbonyl (C=O) groups excluding carboxylic acids is 1. The summed E-state index contributed by atoms with van der Waals surface area (Å²) in [4.78, 5) is 19.6. The van der Waals surface area contributed by atoms with Gasteiger partial charge in [-0.05, 0) is 57.5 Å². The average Bonchev–Trinajstić information content (AvgIpc) is 2.95. The normalized spacial score (nSPS) is 11.4. The summed E-state index contributed by atoms with van der Waals surface area (Å²) in [6.07, 6.45) is 4.84. The summed E-state index contributed by atoms with van der Waals surface area (Å²) in [6, 6.07) is 3.99. The van der Waals surface area contributed by atoms with Crippen LogP contribution in [0, 0.1) is 6.92 Å². The zero-order valence-corrected chi connectivity index (χ0v) is 15.4. The van der Waals surface area contributed by atoms with Gasteiger partial charge in [0.25, 0.3) is 5.91 Å². The number of imidazole rings is 1. The Bertz CT molecular complexity index is 673. The Kier molecular flexibility index (Phi) is 6.79. The molecule has 5 heteroatoms. The van der Waals surface area contributed by atoms with Crippen molar-refractivity contribution >= 4 is 11.6 Å². The minimum absolute atomic E-state index is 0.0206. The van der Waals surface area contributed by atoms with Crippen LogP contribution in [0.5, 0.6) is 0 Å². The van der Waals surface area contributed by atoms with E-state index in [1.807, 2.05) is 36.6 Å². The quantitative estimate of drug-likeness (QED) is 0.719. The van der Waals surface area contributed by atoms with E-state index in [-0.39, 0.29) is 5.91 Å². The van der Waals surface area contributed by atoms with Gasteiger partial charge in [0.2, 0.25) is 0 Å². The van der Waals surface area contributed by atoms with Crippen molar-refractivity contribution in [1.29, 1.82) is 0 Å². The zero-order valence-electron chi connectivity index (χ0n) is 15.4. The molecule has 24 heavy (non-hydrogen) atoms. The lowest BCUT2D eigenvalue weighted by Gasteiger charge is -2.17. The minimum Gasteiger partial charge on any atom is -0.351 e. The lowest BCUT2D eigenvalue weighted by atomic mass is 10.2. The van der Waals surface area contributed by atoms with E-state index in [0.717, 1.165) is 55.8 Å². The van der Waals surface area contributed by atoms with Gasteiger partial charge < -0.3 is 10.2 Å². The first-order chi connectivity index (χ1) is 11.6. The Balaban J connectivity index is 1.97. The first kappa shape index (κ1) is 18.5. The SMILES string of the molecule is CCc1nc2ccc(C)cn2c1C(=O)NCCCCN(CC)CC. The molecule has 2 heterocycles. The van der Waals surface area contributed by atoms with Crippen LogP contribution in [0.1, 0.15) is 55.4 Å². The van der Waals surface area contributed by atoms with Gasteiger partial charge in [-0.2, -0.15) is 0 Å². The van der Waals surface area contributed by atoms with Gasteiger partial charge in [0.05, 0.1) is 5.69 Å². The molecular weight excluding hydrogens is 300 g/mol. The molecule has 0 saturated carbocycles. The van der Waals surface area contributed by atoms with Crippen LogP contribution in [-0.4, -0.2) is 46.4 Å². The van der Waals surface area contributed by atoms with Gasteiger partial charge in [0.15, 0.2) is 0 Å². The molecule has 132 valence electrons. The minimum atomic E-state index is -0.0206. The third-order valence-electron chi connectivity index (χ3n) is 4.47. The van der Waals surface area contributed by atoms with E-state index in [1.165, 1.54) is 0 Å². The Morgan fingerprint density at radius 1 is 1.21 bits per heavy atom. The standard InChI is InChI=1S/C19H30N4O/c1-5-16-18(23-14-15(4)10-11-17(23)21-16)19(24)20-12-8-9-13-22(6-2)7-3/h10-11,14H,5-9,12-13H2,1-4H3,(H,20,24). The lowest BCUT2D eigenvalue weighted by molar-refractivity contribution is 0.0945. The molecule has 0 aliphatic carbocycles. The molecule has 0 saturated heterocycles. The molecule has 0 atom stereocenters. The summed E-state index contributed by atoms with van der Waals surface area (Å²) in [5.74, 6) is -0.0206. The highest BCUT2D eigenvalue weighted by atomic mass is 16.1. The molecule has 2 rings (SSSR count). The van der Waals surface area contributed by atoms with Crippen LogP contribution >= 0.6 is 0 Å². The molecule has 1 amide bonds. The van der Waals surface area contributed by atoms with E-state index in [4.69, 9.17) is 0 Å². The Morgan fingerprint density at radius 2 is 1.96 bits per heavy atom. The van der Waals surface area contributed by atoms with Gasteiger partial charge in [-0.1, -0.05) is 26.8 Å². The lowest BCUT2D eigenvalue weighted by Crippen LogP contribution is -2.28. The maximum absolute atomic E-state index is 12.6. The van der Waals surface area contributed by atoms with E-state index in [0.29, 0.717) is 12.2 Å². The van der Waals surface area contributed by atoms with Crippen molar-refractivity contribution in [2.45, 2.75) is 47.0 Å². The second kappa shape index (κ2) is 8.83. The summed E-state index contributed by atoms with van der Waals surface area (Å²) in [7, 11) is 0. The maximum Gasteiger partial charge on any atom is 0.270 e. The van der Waals surface area contributed by atoms with Crippen molar-refractivity contribution in [1.82, 2.24) is 19.6 Å². The molecule has 0 aromatic carbocycles. The second-order valence-electron chi connectivity index (χ2n) is 6.19. The molecule has 0 spiro atoms. The van der Waals surface area contributed by atoms with Crippen LogP contribution < -0.4 is 5.32 Å². The van der Waals surface area contributed by atoms with Gasteiger partial charge >= 0.3 is 0 Å². The molecule has 0 aliphatic rings. The highest BCUT2D eigenvalue weighted by Crippen LogP contribution is 2.15. The molecule has 2 aromatic heterocycles. The van der Waals surface area contributed by atoms with E-state index in [9.17, 15) is 4.79 Å². The van der Waals surface area contributed by atoms with Crippen molar-refractivity contribution in [3.63, 3.8) is 0 Å². The molecule has 0 fully saturated rings. The van der Waals surface area contributed by atoms with E-state index in [1.54, 1.807) is 0 Å². The molecule has 0 radical (unpaired) electrons. The first-order valence-electron chi connectivity index (χ1n) is 9.08. The van der Waals surface area contributed by atoms with Gasteiger partial charge in [-0.15, -0.1) is 0 Å². The topological polar surface area (TPSA) is 49.6 Å². The van der Waals surface area contributed by atoms with Gasteiger partial charge in [0, 0.05) is 12.7 Å². The second-order valence-corrected chi connectivity index (χ2v) is 6.19. The van der Waals surface area contributed by atoms with Gasteiger partial charge in [-0.25, -0.2) is 4.98 Å². The van der Waals surface area contributed by atoms with Crippen LogP contribution in [0.15, 0.2) is 18.3 Å². The number of amides is 1. The summed E-state index contributed by atoms with van der Waals surface area (Å²) in [6.45, 7) is 12.4. The Labute approximate surface area is 145 Å². The maximum atomic E-state index is 12.6. The molecule has 1 N–H and O–H groups in total. The number of pyridine rings is 1. The number of rotatable bonds is 9. The van der Waals surface area contributed by atoms with Crippen LogP contribution in [0.4, 0.5) is 0 Å². The fraction of sp³-hybridized carbons (Fsp3) is 0.579. The number of aryl methyl sites for hydroxylation is 2. The van der Waals surface area contributed by atoms with Crippen LogP contribution in [-0.2, 0) is 6.42 Å². The average molecular weight is 330 g/mol. The number of hydrogen-bond donors (Lipinski definition) is 1. The van der Waals surface area contributed by atoms with Crippen molar-refractivity contribution in [3.05, 3.63) is 35.3 Å². The predicted octanol–water partition coefficient (Wildman–Crippen LogP) is 3.06. The van der Waals surface area contributed by atoms with E-state index < -0.39 is 0 Å². The number of nitrogens with zero attached hydrogens (tertiary/aromatic N) is 3. The summed E-state index contributed by atoms with van der Waals surface area (Å²) in [5, 5.41) is 3.06. The van der Waals surface area contributed by atoms with Crippen LogP contribution in [0.3, 0.4) is 0 Å². The van der Waals surface area contributed by atoms with Gasteiger partial charge in [0.1, 0.15) is 11.3 Å². The summed E-state index contributed by atoms with van der Waals surface area (Å²) < 4.78 is 1.92. The third-order valence-corrected chi connectivity index (χ3v) is 4.47. The van der Waals surface area contributed by atoms with Crippen molar-refractivity contribution in [3.8, 4) is 0 Å². The predicted molar refractivity (Wildman–Crippen MR) is 98.7 cm³/mol. The number of carbonyl (C=O) groups is 1. The molecular formula is C19H30N4O. The van der Waals surface area contributed by atoms with E-state index >= 15 is 0 Å². The molecule has 5 nitrogen and oxygen atoms in total. The monoisotopic (exact) mass is 330 g/mol. The Morgan fingerprint density at radius 3 is 2.62 bits per heavy atom. The fourth-order valence-corrected chi connectivity index (χ4v) is 2.97. The highest BCUT2D eigenvalue weighted by Gasteiger charge is 2.17. The largest absolute Gasteiger partial charge is 0.351 e. The molecule has 0 bridgehead atoms. The molecule has 0 unspecified atom stereocenters. The van der Waals surface area contributed by atoms with Crippen molar-refractivity contribution in [2.24, 2.45) is 0 Å². The van der Waals surface area contributed by atoms with Crippen molar-refractivity contribution < 1.29 is 4.79 Å². The van der Waals surface area contributed by atoms with Crippen LogP contribution in [0.25, 0.3) is 5.65 Å². The highest BCUT2D eigenvalue weighted by molar-refractivity contribution is 5.94. The van der Waals surface area contributed by atoms with E-state index in [2.05, 4.69) is 29.0 Å². The molecule has 0 aliphatic heterocycles. The fourth-order valence-electron chi connectivity index (χ4n) is 2.97. The number of aromatic nitrogens is 2. The van der Waals surface area contributed by atoms with Crippen LogP contribution in [0.2, 0.25) is 0 Å². The number of nitrogens with one attached hydrogen (secondary N) is 1. The number of hydrogen-bond acceptors (Lipinski definition) is 3. The zero-order chi connectivity index (χ0) is 17.5. The molecule has 2 aromatic rings. The number of fused-ring (bicyclic) bond motifs is 1. The number of unbranched alkanes of at least 4 members (excludes halogenated alkanes) is 1. The Hall–Kier alpha value is -1.88. The third kappa shape index (κ3) is 4.35. The van der Waals surface area contributed by atoms with Crippen molar-refractivity contribution in [2.75, 3.05) is 26.2 Å². The first-order valence-corrected chi connectivity index (χ1v) is 9.08. The summed E-state index contributed by atoms with van der Waals surface area (Å²) in [5.41, 5.74) is 3.50. The summed E-state index contributed by atoms with van der Waals surface area (Å²) >= 11 is 0.